The van der Waals surface area contributed by atoms with E-state index in [-0.39, 0.29) is 51.8 Å². The highest BCUT2D eigenvalue weighted by atomic mass is 35.5. The Hall–Kier alpha value is -3.19. The molecule has 34 heavy (non-hydrogen) atoms. The number of halogens is 6. The first-order valence-corrected chi connectivity index (χ1v) is 11.0. The predicted molar refractivity (Wildman–Crippen MR) is 118 cm³/mol. The Morgan fingerprint density at radius 3 is 2.24 bits per heavy atom. The van der Waals surface area contributed by atoms with E-state index in [0.29, 0.717) is 0 Å². The number of nitrogens with zero attached hydrogens (tertiary/aromatic N) is 2. The SMILES string of the molecule is CCS(=O)(=O)c1ccc(OCC(F)(F)F)c(Nc2cc(Nc3ccc(F)c(F)c3)ncn2)c1.Cl. The van der Waals surface area contributed by atoms with Crippen LogP contribution in [0, 0.1) is 11.6 Å². The summed E-state index contributed by atoms with van der Waals surface area (Å²) in [6, 6.07) is 7.82. The normalized spacial score (nSPS) is 11.5. The smallest absolute Gasteiger partial charge is 0.422 e. The molecule has 0 aliphatic rings. The van der Waals surface area contributed by atoms with E-state index in [2.05, 4.69) is 20.6 Å². The van der Waals surface area contributed by atoms with Gasteiger partial charge in [0.2, 0.25) is 0 Å². The van der Waals surface area contributed by atoms with Gasteiger partial charge in [-0.25, -0.2) is 27.2 Å². The van der Waals surface area contributed by atoms with Crippen molar-refractivity contribution in [1.29, 1.82) is 0 Å². The molecule has 0 aliphatic heterocycles. The first-order valence-electron chi connectivity index (χ1n) is 9.34. The largest absolute Gasteiger partial charge is 0.482 e. The molecule has 0 fully saturated rings. The fourth-order valence-electron chi connectivity index (χ4n) is 2.61. The molecule has 14 heteroatoms. The zero-order valence-electron chi connectivity index (χ0n) is 17.4. The highest BCUT2D eigenvalue weighted by Gasteiger charge is 2.29. The van der Waals surface area contributed by atoms with Crippen LogP contribution in [0.25, 0.3) is 0 Å². The number of benzene rings is 2. The van der Waals surface area contributed by atoms with Gasteiger partial charge in [-0.2, -0.15) is 13.2 Å². The fraction of sp³-hybridized carbons (Fsp3) is 0.200. The van der Waals surface area contributed by atoms with Gasteiger partial charge in [0.15, 0.2) is 28.1 Å². The van der Waals surface area contributed by atoms with Crippen LogP contribution in [0.2, 0.25) is 0 Å². The molecule has 0 spiro atoms. The van der Waals surface area contributed by atoms with Crippen molar-refractivity contribution in [3.8, 4) is 5.75 Å². The molecule has 0 unspecified atom stereocenters. The Morgan fingerprint density at radius 1 is 0.941 bits per heavy atom. The number of nitrogens with one attached hydrogen (secondary N) is 2. The molecular weight excluding hydrogens is 507 g/mol. The Labute approximate surface area is 197 Å². The molecule has 3 aromatic rings. The summed E-state index contributed by atoms with van der Waals surface area (Å²) in [6.45, 7) is -0.161. The van der Waals surface area contributed by atoms with E-state index >= 15 is 0 Å². The van der Waals surface area contributed by atoms with E-state index in [1.165, 1.54) is 19.1 Å². The summed E-state index contributed by atoms with van der Waals surface area (Å²) in [5.41, 5.74) is 0.107. The first-order chi connectivity index (χ1) is 15.5. The summed E-state index contributed by atoms with van der Waals surface area (Å²) in [4.78, 5) is 7.76. The lowest BCUT2D eigenvalue weighted by atomic mass is 10.3. The van der Waals surface area contributed by atoms with Crippen LogP contribution in [0.4, 0.5) is 45.0 Å². The summed E-state index contributed by atoms with van der Waals surface area (Å²) in [6.07, 6.45) is -3.50. The Kier molecular flexibility index (Phi) is 8.61. The second-order valence-electron chi connectivity index (χ2n) is 6.63. The van der Waals surface area contributed by atoms with Gasteiger partial charge in [0, 0.05) is 17.8 Å². The van der Waals surface area contributed by atoms with Gasteiger partial charge in [0.1, 0.15) is 23.7 Å². The van der Waals surface area contributed by atoms with Crippen molar-refractivity contribution in [2.45, 2.75) is 18.0 Å². The molecule has 2 N–H and O–H groups in total. The lowest BCUT2D eigenvalue weighted by molar-refractivity contribution is -0.153. The van der Waals surface area contributed by atoms with E-state index < -0.39 is 34.3 Å². The maximum atomic E-state index is 13.4. The zero-order chi connectivity index (χ0) is 24.2. The van der Waals surface area contributed by atoms with Crippen molar-refractivity contribution >= 4 is 45.3 Å². The zero-order valence-corrected chi connectivity index (χ0v) is 19.0. The van der Waals surface area contributed by atoms with Crippen LogP contribution in [-0.2, 0) is 9.84 Å². The van der Waals surface area contributed by atoms with E-state index in [4.69, 9.17) is 4.74 Å². The third-order valence-electron chi connectivity index (χ3n) is 4.20. The van der Waals surface area contributed by atoms with Crippen molar-refractivity contribution in [2.24, 2.45) is 0 Å². The van der Waals surface area contributed by atoms with E-state index in [1.54, 1.807) is 0 Å². The van der Waals surface area contributed by atoms with Gasteiger partial charge in [-0.05, 0) is 30.3 Å². The number of anilines is 4. The molecule has 0 radical (unpaired) electrons. The minimum Gasteiger partial charge on any atom is -0.482 e. The number of ether oxygens (including phenoxy) is 1. The molecule has 0 saturated heterocycles. The summed E-state index contributed by atoms with van der Waals surface area (Å²) in [5, 5.41) is 5.44. The molecule has 3 rings (SSSR count). The summed E-state index contributed by atoms with van der Waals surface area (Å²) >= 11 is 0. The van der Waals surface area contributed by atoms with Crippen LogP contribution >= 0.6 is 12.4 Å². The molecular formula is C20H18ClF5N4O3S. The van der Waals surface area contributed by atoms with Gasteiger partial charge >= 0.3 is 6.18 Å². The van der Waals surface area contributed by atoms with E-state index in [0.717, 1.165) is 36.7 Å². The van der Waals surface area contributed by atoms with Gasteiger partial charge in [-0.1, -0.05) is 6.92 Å². The Morgan fingerprint density at radius 2 is 1.62 bits per heavy atom. The molecule has 7 nitrogen and oxygen atoms in total. The van der Waals surface area contributed by atoms with E-state index in [1.807, 2.05) is 0 Å². The predicted octanol–water partition coefficient (Wildman–Crippen LogP) is 5.40. The average molecular weight is 525 g/mol. The molecule has 0 aliphatic carbocycles. The number of aromatic nitrogens is 2. The van der Waals surface area contributed by atoms with Gasteiger partial charge in [0.25, 0.3) is 0 Å². The Balaban J connectivity index is 0.00000408. The minimum atomic E-state index is -4.61. The number of sulfone groups is 1. The lowest BCUT2D eigenvalue weighted by Gasteiger charge is -2.16. The van der Waals surface area contributed by atoms with Crippen LogP contribution < -0.4 is 15.4 Å². The monoisotopic (exact) mass is 524 g/mol. The Bertz CT molecular complexity index is 1260. The van der Waals surface area contributed by atoms with Crippen LogP contribution in [-0.4, -0.2) is 36.9 Å². The molecule has 0 saturated carbocycles. The highest BCUT2D eigenvalue weighted by Crippen LogP contribution is 2.32. The van der Waals surface area contributed by atoms with Crippen molar-refractivity contribution in [1.82, 2.24) is 9.97 Å². The van der Waals surface area contributed by atoms with Crippen molar-refractivity contribution in [2.75, 3.05) is 23.0 Å². The number of hydrogen-bond acceptors (Lipinski definition) is 7. The standard InChI is InChI=1S/C20H17F5N4O3S.ClH/c1-2-33(30,31)13-4-6-17(32-10-20(23,24)25)16(8-13)29-19-9-18(26-11-27-19)28-12-3-5-14(21)15(22)7-12;/h3-9,11H,2,10H2,1H3,(H2,26,27,28,29);1H. The fourth-order valence-corrected chi connectivity index (χ4v) is 3.51. The first kappa shape index (κ1) is 27.1. The van der Waals surface area contributed by atoms with Crippen LogP contribution in [0.5, 0.6) is 5.75 Å². The molecule has 0 atom stereocenters. The van der Waals surface area contributed by atoms with Crippen molar-refractivity contribution < 1.29 is 35.1 Å². The molecule has 0 amide bonds. The van der Waals surface area contributed by atoms with Crippen molar-refractivity contribution in [3.05, 3.63) is 60.4 Å². The maximum Gasteiger partial charge on any atom is 0.422 e. The average Bonchev–Trinajstić information content (AvgIpc) is 2.75. The lowest BCUT2D eigenvalue weighted by Crippen LogP contribution is -2.19. The summed E-state index contributed by atoms with van der Waals surface area (Å²) in [7, 11) is -3.66. The van der Waals surface area contributed by atoms with Gasteiger partial charge in [-0.15, -0.1) is 12.4 Å². The summed E-state index contributed by atoms with van der Waals surface area (Å²) in [5.74, 6) is -2.36. The van der Waals surface area contributed by atoms with Crippen molar-refractivity contribution in [3.63, 3.8) is 0 Å². The van der Waals surface area contributed by atoms with E-state index in [9.17, 15) is 30.4 Å². The molecule has 1 heterocycles. The molecule has 2 aromatic carbocycles. The number of hydrogen-bond donors (Lipinski definition) is 2. The second-order valence-corrected chi connectivity index (χ2v) is 8.91. The van der Waals surface area contributed by atoms with Crippen LogP contribution in [0.15, 0.2) is 53.7 Å². The maximum absolute atomic E-state index is 13.4. The molecule has 1 aromatic heterocycles. The second kappa shape index (κ2) is 10.8. The van der Waals surface area contributed by atoms with Gasteiger partial charge < -0.3 is 15.4 Å². The third-order valence-corrected chi connectivity index (χ3v) is 5.94. The number of rotatable bonds is 8. The van der Waals surface area contributed by atoms with Crippen LogP contribution in [0.3, 0.4) is 0 Å². The molecule has 0 bridgehead atoms. The quantitative estimate of drug-likeness (QED) is 0.381. The topological polar surface area (TPSA) is 93.2 Å². The summed E-state index contributed by atoms with van der Waals surface area (Å²) < 4.78 is 93.6. The number of alkyl halides is 3. The van der Waals surface area contributed by atoms with Gasteiger partial charge in [0.05, 0.1) is 16.3 Å². The minimum absolute atomic E-state index is 0. The molecule has 184 valence electrons. The van der Waals surface area contributed by atoms with Gasteiger partial charge in [-0.3, -0.25) is 0 Å². The third kappa shape index (κ3) is 7.15. The van der Waals surface area contributed by atoms with Crippen LogP contribution in [0.1, 0.15) is 6.92 Å². The highest BCUT2D eigenvalue weighted by molar-refractivity contribution is 7.91.